The van der Waals surface area contributed by atoms with Gasteiger partial charge in [0.05, 0.1) is 28.9 Å². The molecule has 13 heteroatoms. The van der Waals surface area contributed by atoms with Crippen molar-refractivity contribution in [3.05, 3.63) is 129 Å². The Morgan fingerprint density at radius 2 is 1.71 bits per heavy atom. The smallest absolute Gasteiger partial charge is 0.419 e. The van der Waals surface area contributed by atoms with Gasteiger partial charge in [0.2, 0.25) is 5.56 Å². The van der Waals surface area contributed by atoms with E-state index in [1.54, 1.807) is 21.6 Å². The van der Waals surface area contributed by atoms with Crippen LogP contribution in [0.4, 0.5) is 10.5 Å². The Balaban J connectivity index is 0.912. The van der Waals surface area contributed by atoms with Crippen molar-refractivity contribution in [3.63, 3.8) is 0 Å². The number of pyridine rings is 1. The molecule has 4 N–H and O–H groups in total. The normalized spacial score (nSPS) is 18.3. The summed E-state index contributed by atoms with van der Waals surface area (Å²) in [5.41, 5.74) is 7.06. The van der Waals surface area contributed by atoms with Crippen molar-refractivity contribution in [2.45, 2.75) is 103 Å². The average Bonchev–Trinajstić information content (AvgIpc) is 3.57. The van der Waals surface area contributed by atoms with Gasteiger partial charge in [-0.05, 0) is 122 Å². The monoisotopic (exact) mass is 871 g/mol. The molecule has 3 aliphatic rings. The van der Waals surface area contributed by atoms with E-state index in [2.05, 4.69) is 67.3 Å². The number of phenols is 1. The summed E-state index contributed by atoms with van der Waals surface area (Å²) in [6.07, 6.45) is 4.20. The van der Waals surface area contributed by atoms with Crippen LogP contribution in [0.1, 0.15) is 75.7 Å². The molecule has 0 spiro atoms. The van der Waals surface area contributed by atoms with Crippen molar-refractivity contribution >= 4 is 42.1 Å². The highest BCUT2D eigenvalue weighted by molar-refractivity contribution is 6.74. The van der Waals surface area contributed by atoms with Crippen molar-refractivity contribution < 1.29 is 23.9 Å². The number of anilines is 1. The molecule has 5 heterocycles. The van der Waals surface area contributed by atoms with Crippen LogP contribution in [0, 0.1) is 5.92 Å². The zero-order chi connectivity index (χ0) is 44.5. The van der Waals surface area contributed by atoms with E-state index in [9.17, 15) is 24.6 Å². The van der Waals surface area contributed by atoms with E-state index in [0.717, 1.165) is 103 Å². The molecule has 4 aromatic carbocycles. The third kappa shape index (κ3) is 9.57. The number of aromatic amines is 1. The molecule has 1 amide bonds. The minimum atomic E-state index is -2.25. The first-order valence-corrected chi connectivity index (χ1v) is 25.4. The minimum Gasteiger partial charge on any atom is -0.506 e. The van der Waals surface area contributed by atoms with Crippen molar-refractivity contribution in [2.75, 3.05) is 31.1 Å². The fraction of sp³-hybridized carbons (Fsp3) is 0.420. The van der Waals surface area contributed by atoms with Gasteiger partial charge < -0.3 is 34.3 Å². The number of hydrogen-bond acceptors (Lipinski definition) is 8. The number of aryl methyl sites for hydroxylation is 2. The quantitative estimate of drug-likeness (QED) is 0.0550. The van der Waals surface area contributed by atoms with Crippen LogP contribution in [0.15, 0.2) is 105 Å². The van der Waals surface area contributed by atoms with Crippen molar-refractivity contribution in [2.24, 2.45) is 5.92 Å². The van der Waals surface area contributed by atoms with Gasteiger partial charge in [-0.2, -0.15) is 0 Å². The highest BCUT2D eigenvalue weighted by Gasteiger charge is 2.41. The second kappa shape index (κ2) is 18.3. The molecule has 3 fully saturated rings. The van der Waals surface area contributed by atoms with Crippen molar-refractivity contribution in [1.29, 1.82) is 0 Å². The van der Waals surface area contributed by atoms with Crippen LogP contribution < -0.4 is 21.5 Å². The highest BCUT2D eigenvalue weighted by Crippen LogP contribution is 2.42. The van der Waals surface area contributed by atoms with Gasteiger partial charge in [-0.3, -0.25) is 14.3 Å². The number of rotatable bonds is 16. The number of H-pyrrole nitrogens is 1. The number of benzene rings is 4. The van der Waals surface area contributed by atoms with Gasteiger partial charge >= 0.3 is 11.8 Å². The Bertz CT molecular complexity index is 2690. The fourth-order valence-electron chi connectivity index (χ4n) is 9.29. The molecule has 3 aliphatic heterocycles. The summed E-state index contributed by atoms with van der Waals surface area (Å²) in [7, 11) is -2.25. The van der Waals surface area contributed by atoms with Gasteiger partial charge in [0.25, 0.3) is 0 Å². The summed E-state index contributed by atoms with van der Waals surface area (Å²) < 4.78 is 14.4. The number of carbonyl (C=O) groups is 1. The standard InChI is InChI=1S/C50H61N5O7Si/c1-50(2,3)63(4,5)62-45(38-18-21-43(56)47-39(38)19-22-46(57)52-47)31-51-30-34-16-20-40-44(29-34)61-49(60)54(40)25-11-7-8-12-33-15-17-37(35-13-9-6-10-14-35)41(28-33)55(48(58)59)42-32-53-26-23-36(42)24-27-53/h6,9-10,13-22,28-29,36,42,45,51,56H,7-8,11-12,23-27,30-32H2,1-5H3,(H,52,57)(H,58,59)/t42-,45+/m0/s1. The van der Waals surface area contributed by atoms with Crippen LogP contribution in [-0.2, 0) is 23.9 Å². The second-order valence-corrected chi connectivity index (χ2v) is 23.7. The van der Waals surface area contributed by atoms with Crippen molar-refractivity contribution in [3.8, 4) is 16.9 Å². The maximum atomic E-state index is 13.1. The number of nitrogens with one attached hydrogen (secondary N) is 2. The zero-order valence-electron chi connectivity index (χ0n) is 37.2. The molecule has 12 nitrogen and oxygen atoms in total. The number of phenolic OH excluding ortho intramolecular Hbond substituents is 1. The van der Waals surface area contributed by atoms with Crippen LogP contribution in [0.3, 0.4) is 0 Å². The van der Waals surface area contributed by atoms with Crippen LogP contribution in [0.5, 0.6) is 5.75 Å². The summed E-state index contributed by atoms with van der Waals surface area (Å²) in [6, 6.07) is 28.9. The molecular weight excluding hydrogens is 811 g/mol. The Morgan fingerprint density at radius 3 is 2.43 bits per heavy atom. The largest absolute Gasteiger partial charge is 0.506 e. The van der Waals surface area contributed by atoms with Crippen LogP contribution in [0.2, 0.25) is 18.1 Å². The second-order valence-electron chi connectivity index (χ2n) is 19.0. The lowest BCUT2D eigenvalue weighted by Crippen LogP contribution is -2.59. The number of hydrogen-bond donors (Lipinski definition) is 4. The molecule has 2 atom stereocenters. The highest BCUT2D eigenvalue weighted by atomic mass is 28.4. The van der Waals surface area contributed by atoms with E-state index in [1.807, 2.05) is 54.6 Å². The molecule has 0 aliphatic carbocycles. The Kier molecular flexibility index (Phi) is 12.8. The number of amides is 1. The predicted octanol–water partition coefficient (Wildman–Crippen LogP) is 9.65. The molecular formula is C50H61N5O7Si. The molecule has 0 unspecified atom stereocenters. The van der Waals surface area contributed by atoms with E-state index in [0.29, 0.717) is 36.7 Å². The summed E-state index contributed by atoms with van der Waals surface area (Å²) in [5, 5.41) is 25.5. The number of fused-ring (bicyclic) bond motifs is 5. The number of aromatic hydroxyl groups is 1. The van der Waals surface area contributed by atoms with Crippen LogP contribution >= 0.6 is 0 Å². The zero-order valence-corrected chi connectivity index (χ0v) is 38.2. The number of unbranched alkanes of at least 4 members (excludes halogenated alkanes) is 2. The number of carboxylic acid groups (broad SMARTS) is 1. The first-order valence-electron chi connectivity index (χ1n) is 22.5. The fourth-order valence-corrected chi connectivity index (χ4v) is 10.6. The number of piperidine rings is 3. The molecule has 332 valence electrons. The SMILES string of the molecule is CC(C)(C)[Si](C)(C)O[C@H](CNCc1ccc2c(c1)oc(=O)n2CCCCCc1ccc(-c2ccccc2)c(N(C(=O)O)[C@H]2CN3CCC2CC3)c1)c1ccc(O)c2[nH]c(=O)ccc12. The van der Waals surface area contributed by atoms with E-state index in [4.69, 9.17) is 8.84 Å². The van der Waals surface area contributed by atoms with Gasteiger partial charge in [-0.25, -0.2) is 9.59 Å². The minimum absolute atomic E-state index is 0.0105. The van der Waals surface area contributed by atoms with E-state index in [1.165, 1.54) is 6.07 Å². The molecule has 63 heavy (non-hydrogen) atoms. The third-order valence-corrected chi connectivity index (χ3v) is 18.3. The summed E-state index contributed by atoms with van der Waals surface area (Å²) >= 11 is 0. The summed E-state index contributed by atoms with van der Waals surface area (Å²) in [4.78, 5) is 45.1. The Hall–Kier alpha value is -5.47. The molecule has 0 radical (unpaired) electrons. The predicted molar refractivity (Wildman–Crippen MR) is 252 cm³/mol. The van der Waals surface area contributed by atoms with E-state index < -0.39 is 14.4 Å². The first kappa shape index (κ1) is 44.1. The number of oxazole rings is 1. The molecule has 0 saturated carbocycles. The van der Waals surface area contributed by atoms with Crippen LogP contribution in [0.25, 0.3) is 33.1 Å². The summed E-state index contributed by atoms with van der Waals surface area (Å²) in [6.45, 7) is 15.4. The maximum absolute atomic E-state index is 13.1. The molecule has 6 aromatic rings. The molecule has 2 aromatic heterocycles. The topological polar surface area (TPSA) is 153 Å². The lowest BCUT2D eigenvalue weighted by Gasteiger charge is -2.48. The molecule has 3 saturated heterocycles. The lowest BCUT2D eigenvalue weighted by molar-refractivity contribution is 0.0837. The molecule has 2 bridgehead atoms. The molecule has 9 rings (SSSR count). The number of aromatic nitrogens is 2. The van der Waals surface area contributed by atoms with Crippen LogP contribution in [-0.4, -0.2) is 71.3 Å². The lowest BCUT2D eigenvalue weighted by atomic mass is 9.82. The van der Waals surface area contributed by atoms with Crippen molar-refractivity contribution in [1.82, 2.24) is 19.8 Å². The van der Waals surface area contributed by atoms with Gasteiger partial charge in [-0.15, -0.1) is 0 Å². The van der Waals surface area contributed by atoms with Gasteiger partial charge in [-0.1, -0.05) is 81.8 Å². The van der Waals surface area contributed by atoms with Gasteiger partial charge in [0.1, 0.15) is 5.75 Å². The maximum Gasteiger partial charge on any atom is 0.419 e. The first-order chi connectivity index (χ1) is 30.2. The van der Waals surface area contributed by atoms with Gasteiger partial charge in [0, 0.05) is 43.2 Å². The Labute approximate surface area is 369 Å². The number of nitrogens with zero attached hydrogens (tertiary/aromatic N) is 3. The average molecular weight is 872 g/mol. The Morgan fingerprint density at radius 1 is 0.952 bits per heavy atom. The van der Waals surface area contributed by atoms with E-state index >= 15 is 0 Å². The van der Waals surface area contributed by atoms with Gasteiger partial charge in [0.15, 0.2) is 13.9 Å². The summed E-state index contributed by atoms with van der Waals surface area (Å²) in [5.74, 6) is -0.00190. The van der Waals surface area contributed by atoms with E-state index in [-0.39, 0.29) is 34.2 Å². The third-order valence-electron chi connectivity index (χ3n) is 13.8.